The zero-order valence-corrected chi connectivity index (χ0v) is 19.4. The first-order valence-corrected chi connectivity index (χ1v) is 11.8. The second kappa shape index (κ2) is 7.20. The van der Waals surface area contributed by atoms with Crippen LogP contribution in [0.25, 0.3) is 22.3 Å². The fraction of sp³-hybridized carbons (Fsp3) is 0.423. The number of aliphatic hydroxyl groups is 1. The number of aromatic nitrogens is 2. The first kappa shape index (κ1) is 21.4. The number of halogens is 1. The summed E-state index contributed by atoms with van der Waals surface area (Å²) < 4.78 is 21.6. The van der Waals surface area contributed by atoms with Crippen LogP contribution in [0.15, 0.2) is 16.9 Å². The first-order valence-electron chi connectivity index (χ1n) is 11.8. The molecule has 2 aliphatic heterocycles. The summed E-state index contributed by atoms with van der Waals surface area (Å²) in [4.78, 5) is 30.8. The predicted octanol–water partition coefficient (Wildman–Crippen LogP) is 3.12. The van der Waals surface area contributed by atoms with E-state index in [4.69, 9.17) is 9.72 Å². The van der Waals surface area contributed by atoms with Gasteiger partial charge in [-0.2, -0.15) is 0 Å². The number of carbonyl (C=O) groups is 1. The fourth-order valence-electron chi connectivity index (χ4n) is 6.01. The smallest absolute Gasteiger partial charge is 0.343 e. The highest BCUT2D eigenvalue weighted by atomic mass is 19.1. The highest BCUT2D eigenvalue weighted by Gasteiger charge is 2.45. The van der Waals surface area contributed by atoms with Gasteiger partial charge in [0.05, 0.1) is 29.0 Å². The second-order valence-electron chi connectivity index (χ2n) is 9.46. The van der Waals surface area contributed by atoms with E-state index in [0.717, 1.165) is 41.5 Å². The molecule has 1 aliphatic carbocycles. The van der Waals surface area contributed by atoms with E-state index < -0.39 is 11.6 Å². The molecule has 2 N–H and O–H groups in total. The minimum Gasteiger partial charge on any atom is -0.458 e. The molecular formula is C26H26FN3O4. The zero-order valence-electron chi connectivity index (χ0n) is 19.4. The van der Waals surface area contributed by atoms with E-state index in [1.807, 2.05) is 6.92 Å². The van der Waals surface area contributed by atoms with Gasteiger partial charge in [-0.05, 0) is 55.5 Å². The summed E-state index contributed by atoms with van der Waals surface area (Å²) in [6.07, 6.45) is 1.67. The van der Waals surface area contributed by atoms with Crippen LogP contribution in [0.5, 0.6) is 0 Å². The van der Waals surface area contributed by atoms with Crippen LogP contribution in [0.4, 0.5) is 4.39 Å². The third kappa shape index (κ3) is 2.61. The van der Waals surface area contributed by atoms with Gasteiger partial charge < -0.3 is 19.7 Å². The molecular weight excluding hydrogens is 437 g/mol. The van der Waals surface area contributed by atoms with Gasteiger partial charge in [-0.3, -0.25) is 4.79 Å². The van der Waals surface area contributed by atoms with Gasteiger partial charge in [0.15, 0.2) is 5.60 Å². The lowest BCUT2D eigenvalue weighted by Crippen LogP contribution is -2.44. The number of fused-ring (bicyclic) bond motifs is 5. The Kier molecular flexibility index (Phi) is 4.54. The molecule has 7 nitrogen and oxygen atoms in total. The molecule has 0 spiro atoms. The Balaban J connectivity index is 1.69. The van der Waals surface area contributed by atoms with Crippen molar-refractivity contribution in [1.29, 1.82) is 0 Å². The minimum absolute atomic E-state index is 0.0683. The predicted molar refractivity (Wildman–Crippen MR) is 124 cm³/mol. The molecule has 0 saturated carbocycles. The van der Waals surface area contributed by atoms with Gasteiger partial charge in [0.1, 0.15) is 12.4 Å². The summed E-state index contributed by atoms with van der Waals surface area (Å²) in [6, 6.07) is 3.25. The molecule has 2 atom stereocenters. The maximum absolute atomic E-state index is 14.8. The van der Waals surface area contributed by atoms with Gasteiger partial charge >= 0.3 is 5.97 Å². The molecule has 4 heterocycles. The van der Waals surface area contributed by atoms with Gasteiger partial charge in [-0.15, -0.1) is 0 Å². The van der Waals surface area contributed by atoms with Crippen LogP contribution in [0.2, 0.25) is 0 Å². The van der Waals surface area contributed by atoms with Crippen molar-refractivity contribution >= 4 is 16.9 Å². The Morgan fingerprint density at radius 1 is 1.26 bits per heavy atom. The van der Waals surface area contributed by atoms with Crippen molar-refractivity contribution in [3.63, 3.8) is 0 Å². The summed E-state index contributed by atoms with van der Waals surface area (Å²) in [5.41, 5.74) is 3.78. The number of hydrogen-bond acceptors (Lipinski definition) is 6. The molecule has 0 fully saturated rings. The van der Waals surface area contributed by atoms with Crippen molar-refractivity contribution in [2.24, 2.45) is 0 Å². The molecule has 0 amide bonds. The Hall–Kier alpha value is -3.10. The molecule has 2 aromatic heterocycles. The van der Waals surface area contributed by atoms with E-state index in [9.17, 15) is 19.1 Å². The number of hydrogen-bond donors (Lipinski definition) is 2. The SMILES string of the molecule is CCNC1CCc2c(C)c(F)cc3nc4c(c1c23)Cn1c-4cc2c(c1=O)COC(=O)C2(O)CC. The lowest BCUT2D eigenvalue weighted by Gasteiger charge is -2.31. The van der Waals surface area contributed by atoms with E-state index in [0.29, 0.717) is 34.6 Å². The van der Waals surface area contributed by atoms with Crippen LogP contribution in [0.3, 0.4) is 0 Å². The molecule has 2 unspecified atom stereocenters. The number of carbonyl (C=O) groups excluding carboxylic acids is 1. The largest absolute Gasteiger partial charge is 0.458 e. The topological polar surface area (TPSA) is 93.5 Å². The Morgan fingerprint density at radius 2 is 2.06 bits per heavy atom. The maximum atomic E-state index is 14.8. The fourth-order valence-corrected chi connectivity index (χ4v) is 6.01. The van der Waals surface area contributed by atoms with Gasteiger partial charge in [-0.25, -0.2) is 14.2 Å². The van der Waals surface area contributed by atoms with Crippen molar-refractivity contribution < 1.29 is 19.0 Å². The van der Waals surface area contributed by atoms with Crippen molar-refractivity contribution in [2.45, 2.75) is 64.8 Å². The lowest BCUT2D eigenvalue weighted by molar-refractivity contribution is -0.172. The molecule has 0 saturated heterocycles. The molecule has 0 radical (unpaired) electrons. The highest BCUT2D eigenvalue weighted by Crippen LogP contribution is 2.45. The van der Waals surface area contributed by atoms with E-state index in [1.165, 1.54) is 6.07 Å². The average Bonchev–Trinajstić information content (AvgIpc) is 3.19. The second-order valence-corrected chi connectivity index (χ2v) is 9.46. The van der Waals surface area contributed by atoms with Gasteiger partial charge in [-0.1, -0.05) is 13.8 Å². The van der Waals surface area contributed by atoms with E-state index in [1.54, 1.807) is 17.6 Å². The van der Waals surface area contributed by atoms with Crippen LogP contribution in [0.1, 0.15) is 66.1 Å². The van der Waals surface area contributed by atoms with Crippen molar-refractivity contribution in [3.05, 3.63) is 61.7 Å². The first-order chi connectivity index (χ1) is 16.3. The molecule has 176 valence electrons. The number of cyclic esters (lactones) is 1. The van der Waals surface area contributed by atoms with Crippen LogP contribution in [-0.4, -0.2) is 27.2 Å². The molecule has 0 bridgehead atoms. The summed E-state index contributed by atoms with van der Waals surface area (Å²) in [6.45, 7) is 6.50. The lowest BCUT2D eigenvalue weighted by atomic mass is 9.81. The van der Waals surface area contributed by atoms with Crippen LogP contribution in [0, 0.1) is 12.7 Å². The highest BCUT2D eigenvalue weighted by molar-refractivity contribution is 5.93. The van der Waals surface area contributed by atoms with E-state index in [2.05, 4.69) is 12.2 Å². The average molecular weight is 464 g/mol. The van der Waals surface area contributed by atoms with Crippen LogP contribution >= 0.6 is 0 Å². The number of benzene rings is 1. The number of rotatable bonds is 3. The monoisotopic (exact) mass is 463 g/mol. The van der Waals surface area contributed by atoms with Gasteiger partial charge in [0.2, 0.25) is 0 Å². The maximum Gasteiger partial charge on any atom is 0.343 e. The van der Waals surface area contributed by atoms with Crippen molar-refractivity contribution in [1.82, 2.24) is 14.9 Å². The molecule has 6 rings (SSSR count). The number of esters is 1. The van der Waals surface area contributed by atoms with Gasteiger partial charge in [0.25, 0.3) is 5.56 Å². The Morgan fingerprint density at radius 3 is 2.79 bits per heavy atom. The molecule has 34 heavy (non-hydrogen) atoms. The van der Waals surface area contributed by atoms with Crippen molar-refractivity contribution in [2.75, 3.05) is 6.54 Å². The molecule has 3 aliphatic rings. The summed E-state index contributed by atoms with van der Waals surface area (Å²) in [5.74, 6) is -1.03. The van der Waals surface area contributed by atoms with Gasteiger partial charge in [0, 0.05) is 28.6 Å². The van der Waals surface area contributed by atoms with Crippen molar-refractivity contribution in [3.8, 4) is 11.4 Å². The number of aryl methyl sites for hydroxylation is 1. The zero-order chi connectivity index (χ0) is 23.9. The quantitative estimate of drug-likeness (QED) is 0.454. The number of pyridine rings is 2. The summed E-state index contributed by atoms with van der Waals surface area (Å²) >= 11 is 0. The van der Waals surface area contributed by atoms with Crippen LogP contribution in [-0.2, 0) is 34.7 Å². The van der Waals surface area contributed by atoms with E-state index >= 15 is 0 Å². The third-order valence-corrected chi connectivity index (χ3v) is 7.83. The Labute approximate surface area is 195 Å². The standard InChI is InChI=1S/C26H26FN3O4/c1-4-26(33)16-8-20-23-14(10-30(20)24(31)15(16)11-34-25(26)32)22-18(28-5-2)7-6-13-12(3)17(27)9-19(29-23)21(13)22/h8-9,18,28,33H,4-7,10-11H2,1-3H3. The normalized spacial score (nSPS) is 22.4. The third-order valence-electron chi connectivity index (χ3n) is 7.83. The van der Waals surface area contributed by atoms with E-state index in [-0.39, 0.29) is 36.0 Å². The minimum atomic E-state index is -1.88. The number of nitrogens with one attached hydrogen (secondary N) is 1. The number of nitrogens with zero attached hydrogens (tertiary/aromatic N) is 2. The number of ether oxygens (including phenoxy) is 1. The molecule has 3 aromatic rings. The summed E-state index contributed by atoms with van der Waals surface area (Å²) in [5, 5.41) is 15.6. The Bertz CT molecular complexity index is 1480. The molecule has 8 heteroatoms. The summed E-state index contributed by atoms with van der Waals surface area (Å²) in [7, 11) is 0. The molecule has 1 aromatic carbocycles. The van der Waals surface area contributed by atoms with Crippen LogP contribution < -0.4 is 10.9 Å².